The van der Waals surface area contributed by atoms with Gasteiger partial charge in [-0.05, 0) is 43.2 Å². The molecule has 2 aliphatic rings. The number of fused-ring (bicyclic) bond motifs is 1. The van der Waals surface area contributed by atoms with E-state index in [1.54, 1.807) is 23.1 Å². The second kappa shape index (κ2) is 8.11. The van der Waals surface area contributed by atoms with E-state index in [-0.39, 0.29) is 29.3 Å². The summed E-state index contributed by atoms with van der Waals surface area (Å²) in [4.78, 5) is 14.9. The number of rotatable bonds is 3. The topological polar surface area (TPSA) is 69.7 Å². The number of amides is 1. The summed E-state index contributed by atoms with van der Waals surface area (Å²) < 4.78 is 27.9. The highest BCUT2D eigenvalue weighted by molar-refractivity contribution is 7.92. The van der Waals surface area contributed by atoms with Crippen LogP contribution in [0.3, 0.4) is 0 Å². The molecule has 0 unspecified atom stereocenters. The first-order valence-corrected chi connectivity index (χ1v) is 10.6. The van der Waals surface area contributed by atoms with Crippen LogP contribution in [-0.2, 0) is 16.4 Å². The molecule has 2 aromatic carbocycles. The van der Waals surface area contributed by atoms with Crippen molar-refractivity contribution in [2.75, 3.05) is 30.5 Å². The van der Waals surface area contributed by atoms with E-state index in [1.165, 1.54) is 10.4 Å². The first-order chi connectivity index (χ1) is 13.0. The van der Waals surface area contributed by atoms with Crippen molar-refractivity contribution in [3.63, 3.8) is 0 Å². The monoisotopic (exact) mass is 421 g/mol. The first-order valence-electron chi connectivity index (χ1n) is 9.21. The van der Waals surface area contributed by atoms with Gasteiger partial charge < -0.3 is 10.2 Å². The average Bonchev–Trinajstić information content (AvgIpc) is 3.13. The summed E-state index contributed by atoms with van der Waals surface area (Å²) in [5.74, 6) is -0.122. The molecule has 2 heterocycles. The lowest BCUT2D eigenvalue weighted by Gasteiger charge is -2.34. The Balaban J connectivity index is 0.00000225. The summed E-state index contributed by atoms with van der Waals surface area (Å²) in [6, 6.07) is 14.0. The van der Waals surface area contributed by atoms with Crippen LogP contribution in [0.1, 0.15) is 22.8 Å². The molecule has 1 N–H and O–H groups in total. The number of piperazine rings is 1. The van der Waals surface area contributed by atoms with Crippen LogP contribution in [0.15, 0.2) is 53.4 Å². The second-order valence-corrected chi connectivity index (χ2v) is 8.90. The normalized spacial score (nSPS) is 19.1. The fourth-order valence-electron chi connectivity index (χ4n) is 3.78. The van der Waals surface area contributed by atoms with Crippen LogP contribution >= 0.6 is 12.4 Å². The molecule has 2 aromatic rings. The molecular formula is C20H24ClN3O3S. The molecular weight excluding hydrogens is 398 g/mol. The maximum atomic E-state index is 13.2. The number of halogens is 1. The molecule has 0 aliphatic carbocycles. The molecule has 28 heavy (non-hydrogen) atoms. The third kappa shape index (κ3) is 3.62. The quantitative estimate of drug-likeness (QED) is 0.825. The Hall–Kier alpha value is -2.09. The van der Waals surface area contributed by atoms with Gasteiger partial charge in [-0.15, -0.1) is 12.4 Å². The van der Waals surface area contributed by atoms with E-state index in [4.69, 9.17) is 0 Å². The predicted octanol–water partition coefficient (Wildman–Crippen LogP) is 2.29. The molecule has 1 atom stereocenters. The van der Waals surface area contributed by atoms with Gasteiger partial charge in [-0.1, -0.05) is 24.3 Å². The molecule has 0 radical (unpaired) electrons. The molecule has 2 aliphatic heterocycles. The molecule has 0 aromatic heterocycles. The minimum atomic E-state index is -3.70. The van der Waals surface area contributed by atoms with Gasteiger partial charge in [0.2, 0.25) is 0 Å². The van der Waals surface area contributed by atoms with Crippen molar-refractivity contribution in [1.82, 2.24) is 10.2 Å². The van der Waals surface area contributed by atoms with E-state index in [0.717, 1.165) is 24.3 Å². The van der Waals surface area contributed by atoms with Crippen molar-refractivity contribution < 1.29 is 13.2 Å². The maximum absolute atomic E-state index is 13.2. The number of nitrogens with zero attached hydrogens (tertiary/aromatic N) is 2. The number of hydrogen-bond acceptors (Lipinski definition) is 4. The van der Waals surface area contributed by atoms with Crippen molar-refractivity contribution in [1.29, 1.82) is 0 Å². The fourth-order valence-corrected chi connectivity index (χ4v) is 5.33. The summed E-state index contributed by atoms with van der Waals surface area (Å²) in [5.41, 5.74) is 2.17. The van der Waals surface area contributed by atoms with Gasteiger partial charge in [0.25, 0.3) is 15.9 Å². The molecule has 4 rings (SSSR count). The van der Waals surface area contributed by atoms with E-state index in [1.807, 2.05) is 31.2 Å². The molecule has 150 valence electrons. The highest BCUT2D eigenvalue weighted by Gasteiger charge is 2.31. The van der Waals surface area contributed by atoms with Gasteiger partial charge in [0.05, 0.1) is 10.6 Å². The van der Waals surface area contributed by atoms with Crippen LogP contribution < -0.4 is 9.62 Å². The van der Waals surface area contributed by atoms with Gasteiger partial charge in [0, 0.05) is 37.8 Å². The zero-order chi connectivity index (χ0) is 19.0. The zero-order valence-electron chi connectivity index (χ0n) is 15.7. The third-order valence-corrected chi connectivity index (χ3v) is 7.08. The highest BCUT2D eigenvalue weighted by atomic mass is 35.5. The van der Waals surface area contributed by atoms with Crippen LogP contribution in [0.25, 0.3) is 0 Å². The smallest absolute Gasteiger partial charge is 0.264 e. The number of anilines is 1. The highest BCUT2D eigenvalue weighted by Crippen LogP contribution is 2.32. The summed E-state index contributed by atoms with van der Waals surface area (Å²) in [7, 11) is -3.70. The standard InChI is InChI=1S/C20H23N3O3S.ClH/c1-15-14-21-10-12-22(15)20(24)17-6-4-7-18(13-17)27(25,26)23-11-9-16-5-2-3-8-19(16)23;/h2-8,13,15,21H,9-12,14H2,1H3;1H/t15-;/m1./s1. The van der Waals surface area contributed by atoms with Crippen LogP contribution in [-0.4, -0.2) is 51.4 Å². The Morgan fingerprint density at radius 1 is 1.11 bits per heavy atom. The van der Waals surface area contributed by atoms with E-state index in [0.29, 0.717) is 25.1 Å². The van der Waals surface area contributed by atoms with Gasteiger partial charge >= 0.3 is 0 Å². The van der Waals surface area contributed by atoms with Crippen molar-refractivity contribution in [2.45, 2.75) is 24.3 Å². The van der Waals surface area contributed by atoms with Crippen LogP contribution in [0.2, 0.25) is 0 Å². The minimum absolute atomic E-state index is 0. The van der Waals surface area contributed by atoms with Gasteiger partial charge in [0.15, 0.2) is 0 Å². The second-order valence-electron chi connectivity index (χ2n) is 7.04. The Labute approximate surface area is 172 Å². The average molecular weight is 422 g/mol. The van der Waals surface area contributed by atoms with Gasteiger partial charge in [-0.3, -0.25) is 9.10 Å². The van der Waals surface area contributed by atoms with Gasteiger partial charge in [-0.25, -0.2) is 8.42 Å². The first kappa shape index (κ1) is 20.6. The third-order valence-electron chi connectivity index (χ3n) is 5.28. The van der Waals surface area contributed by atoms with Crippen molar-refractivity contribution in [2.24, 2.45) is 0 Å². The number of carbonyl (C=O) groups is 1. The van der Waals surface area contributed by atoms with Crippen LogP contribution in [0, 0.1) is 0 Å². The predicted molar refractivity (Wildman–Crippen MR) is 112 cm³/mol. The van der Waals surface area contributed by atoms with Crippen LogP contribution in [0.5, 0.6) is 0 Å². The molecule has 0 bridgehead atoms. The van der Waals surface area contributed by atoms with E-state index >= 15 is 0 Å². The van der Waals surface area contributed by atoms with E-state index < -0.39 is 10.0 Å². The Morgan fingerprint density at radius 3 is 2.68 bits per heavy atom. The molecule has 0 spiro atoms. The lowest BCUT2D eigenvalue weighted by atomic mass is 10.1. The SMILES string of the molecule is C[C@@H]1CNCCN1C(=O)c1cccc(S(=O)(=O)N2CCc3ccccc32)c1.Cl. The number of benzene rings is 2. The largest absolute Gasteiger partial charge is 0.333 e. The fraction of sp³-hybridized carbons (Fsp3) is 0.350. The molecule has 0 saturated carbocycles. The summed E-state index contributed by atoms with van der Waals surface area (Å²) in [6.07, 6.45) is 0.701. The molecule has 6 nitrogen and oxygen atoms in total. The van der Waals surface area contributed by atoms with Crippen LogP contribution in [0.4, 0.5) is 5.69 Å². The number of carbonyl (C=O) groups excluding carboxylic acids is 1. The Bertz CT molecular complexity index is 980. The Kier molecular flexibility index (Phi) is 5.98. The molecule has 1 fully saturated rings. The molecule has 1 amide bonds. The lowest BCUT2D eigenvalue weighted by molar-refractivity contribution is 0.0655. The number of nitrogens with one attached hydrogen (secondary N) is 1. The van der Waals surface area contributed by atoms with Crippen molar-refractivity contribution in [3.8, 4) is 0 Å². The van der Waals surface area contributed by atoms with E-state index in [9.17, 15) is 13.2 Å². The lowest BCUT2D eigenvalue weighted by Crippen LogP contribution is -2.52. The van der Waals surface area contributed by atoms with E-state index in [2.05, 4.69) is 5.32 Å². The summed E-state index contributed by atoms with van der Waals surface area (Å²) in [6.45, 7) is 4.53. The minimum Gasteiger partial charge on any atom is -0.333 e. The molecule has 1 saturated heterocycles. The van der Waals surface area contributed by atoms with Gasteiger partial charge in [0.1, 0.15) is 0 Å². The summed E-state index contributed by atoms with van der Waals surface area (Å²) in [5, 5.41) is 3.26. The number of hydrogen-bond donors (Lipinski definition) is 1. The number of sulfonamides is 1. The van der Waals surface area contributed by atoms with Gasteiger partial charge in [-0.2, -0.15) is 0 Å². The summed E-state index contributed by atoms with van der Waals surface area (Å²) >= 11 is 0. The number of para-hydroxylation sites is 1. The van der Waals surface area contributed by atoms with Crippen molar-refractivity contribution in [3.05, 3.63) is 59.7 Å². The Morgan fingerprint density at radius 2 is 1.89 bits per heavy atom. The maximum Gasteiger partial charge on any atom is 0.264 e. The zero-order valence-corrected chi connectivity index (χ0v) is 17.3. The van der Waals surface area contributed by atoms with Crippen molar-refractivity contribution >= 4 is 34.0 Å². The molecule has 8 heteroatoms.